The summed E-state index contributed by atoms with van der Waals surface area (Å²) in [6.07, 6.45) is 0.430. The highest BCUT2D eigenvalue weighted by molar-refractivity contribution is 5.93. The molecule has 1 amide bonds. The molecule has 0 atom stereocenters. The lowest BCUT2D eigenvalue weighted by Crippen LogP contribution is -2.43. The molecule has 6 heteroatoms. The Balaban J connectivity index is 1.89. The highest BCUT2D eigenvalue weighted by atomic mass is 16.5. The minimum absolute atomic E-state index is 0.0296. The number of hydrogen-bond donors (Lipinski definition) is 1. The van der Waals surface area contributed by atoms with Crippen LogP contribution in [0.15, 0.2) is 24.3 Å². The van der Waals surface area contributed by atoms with Crippen LogP contribution in [-0.2, 0) is 9.53 Å². The van der Waals surface area contributed by atoms with Crippen molar-refractivity contribution in [2.45, 2.75) is 26.2 Å². The number of morpholine rings is 1. The molecule has 1 aromatic carbocycles. The number of carbonyl (C=O) groups excluding carboxylic acids is 1. The SMILES string of the molecule is CC(C)c1ccccc1NC(=O)CN(CCC#N)CCN1CCOCC1. The number of nitriles is 1. The fourth-order valence-electron chi connectivity index (χ4n) is 3.09. The second-order valence-corrected chi connectivity index (χ2v) is 6.93. The van der Waals surface area contributed by atoms with Crippen molar-refractivity contribution in [3.63, 3.8) is 0 Å². The monoisotopic (exact) mass is 358 g/mol. The van der Waals surface area contributed by atoms with E-state index >= 15 is 0 Å². The van der Waals surface area contributed by atoms with Crippen molar-refractivity contribution in [1.29, 1.82) is 5.26 Å². The summed E-state index contributed by atoms with van der Waals surface area (Å²) >= 11 is 0. The maximum absolute atomic E-state index is 12.5. The van der Waals surface area contributed by atoms with Gasteiger partial charge in [0.25, 0.3) is 0 Å². The van der Waals surface area contributed by atoms with E-state index in [2.05, 4.69) is 35.0 Å². The minimum Gasteiger partial charge on any atom is -0.379 e. The highest BCUT2D eigenvalue weighted by Crippen LogP contribution is 2.23. The molecule has 0 bridgehead atoms. The van der Waals surface area contributed by atoms with Gasteiger partial charge in [-0.15, -0.1) is 0 Å². The Hall–Kier alpha value is -1.94. The van der Waals surface area contributed by atoms with Crippen LogP contribution in [-0.4, -0.2) is 68.2 Å². The van der Waals surface area contributed by atoms with Gasteiger partial charge >= 0.3 is 0 Å². The summed E-state index contributed by atoms with van der Waals surface area (Å²) in [5.41, 5.74) is 2.01. The van der Waals surface area contributed by atoms with Crippen LogP contribution < -0.4 is 5.32 Å². The molecule has 0 spiro atoms. The van der Waals surface area contributed by atoms with Gasteiger partial charge in [-0.2, -0.15) is 5.26 Å². The van der Waals surface area contributed by atoms with Crippen molar-refractivity contribution in [3.05, 3.63) is 29.8 Å². The molecular weight excluding hydrogens is 328 g/mol. The molecule has 1 N–H and O–H groups in total. The van der Waals surface area contributed by atoms with Crippen LogP contribution in [0.2, 0.25) is 0 Å². The van der Waals surface area contributed by atoms with Crippen molar-refractivity contribution < 1.29 is 9.53 Å². The van der Waals surface area contributed by atoms with Gasteiger partial charge in [-0.25, -0.2) is 0 Å². The van der Waals surface area contributed by atoms with Gasteiger partial charge < -0.3 is 10.1 Å². The molecule has 0 aliphatic carbocycles. The number of carbonyl (C=O) groups is 1. The van der Waals surface area contributed by atoms with Crippen molar-refractivity contribution in [3.8, 4) is 6.07 Å². The van der Waals surface area contributed by atoms with E-state index in [0.29, 0.717) is 25.4 Å². The molecule has 1 heterocycles. The summed E-state index contributed by atoms with van der Waals surface area (Å²) in [4.78, 5) is 16.9. The first-order chi connectivity index (χ1) is 12.6. The molecule has 0 radical (unpaired) electrons. The number of amides is 1. The van der Waals surface area contributed by atoms with E-state index in [1.165, 1.54) is 0 Å². The zero-order valence-electron chi connectivity index (χ0n) is 15.9. The molecule has 6 nitrogen and oxygen atoms in total. The van der Waals surface area contributed by atoms with Gasteiger partial charge in [0.2, 0.25) is 5.91 Å². The lowest BCUT2D eigenvalue weighted by molar-refractivity contribution is -0.117. The van der Waals surface area contributed by atoms with E-state index in [1.807, 2.05) is 24.3 Å². The molecular formula is C20H30N4O2. The average molecular weight is 358 g/mol. The molecule has 1 aliphatic rings. The fraction of sp³-hybridized carbons (Fsp3) is 0.600. The van der Waals surface area contributed by atoms with Crippen LogP contribution in [0.5, 0.6) is 0 Å². The normalized spacial score (nSPS) is 15.2. The summed E-state index contributed by atoms with van der Waals surface area (Å²) in [5, 5.41) is 11.9. The third-order valence-electron chi connectivity index (χ3n) is 4.60. The Morgan fingerprint density at radius 2 is 2.04 bits per heavy atom. The van der Waals surface area contributed by atoms with E-state index in [0.717, 1.165) is 50.6 Å². The molecule has 1 aromatic rings. The lowest BCUT2D eigenvalue weighted by atomic mass is 10.0. The number of benzene rings is 1. The van der Waals surface area contributed by atoms with Crippen LogP contribution in [0.3, 0.4) is 0 Å². The molecule has 1 fully saturated rings. The lowest BCUT2D eigenvalue weighted by Gasteiger charge is -2.29. The van der Waals surface area contributed by atoms with E-state index in [1.54, 1.807) is 0 Å². The van der Waals surface area contributed by atoms with Gasteiger partial charge in [-0.05, 0) is 17.5 Å². The van der Waals surface area contributed by atoms with E-state index in [4.69, 9.17) is 10.00 Å². The van der Waals surface area contributed by atoms with E-state index in [-0.39, 0.29) is 5.91 Å². The predicted molar refractivity (Wildman–Crippen MR) is 103 cm³/mol. The Labute approximate surface area is 156 Å². The smallest absolute Gasteiger partial charge is 0.238 e. The number of nitrogens with zero attached hydrogens (tertiary/aromatic N) is 3. The average Bonchev–Trinajstić information content (AvgIpc) is 2.65. The molecule has 26 heavy (non-hydrogen) atoms. The standard InChI is InChI=1S/C20H30N4O2/c1-17(2)18-6-3-4-7-19(18)22-20(25)16-24(9-5-8-21)11-10-23-12-14-26-15-13-23/h3-4,6-7,17H,5,9-16H2,1-2H3,(H,22,25). The summed E-state index contributed by atoms with van der Waals surface area (Å²) in [6, 6.07) is 10.1. The molecule has 1 saturated heterocycles. The van der Waals surface area contributed by atoms with Crippen LogP contribution >= 0.6 is 0 Å². The first-order valence-electron chi connectivity index (χ1n) is 9.38. The molecule has 2 rings (SSSR count). The summed E-state index contributed by atoms with van der Waals surface area (Å²) < 4.78 is 5.37. The second kappa shape index (κ2) is 10.9. The van der Waals surface area contributed by atoms with Crippen molar-refractivity contribution in [1.82, 2.24) is 9.80 Å². The van der Waals surface area contributed by atoms with E-state index in [9.17, 15) is 4.79 Å². The minimum atomic E-state index is -0.0296. The maximum atomic E-state index is 12.5. The number of nitrogens with one attached hydrogen (secondary N) is 1. The number of anilines is 1. The summed E-state index contributed by atoms with van der Waals surface area (Å²) in [5.74, 6) is 0.320. The van der Waals surface area contributed by atoms with Gasteiger partial charge in [0.05, 0.1) is 25.8 Å². The summed E-state index contributed by atoms with van der Waals surface area (Å²) in [7, 11) is 0. The number of hydrogen-bond acceptors (Lipinski definition) is 5. The fourth-order valence-corrected chi connectivity index (χ4v) is 3.09. The first kappa shape index (κ1) is 20.4. The topological polar surface area (TPSA) is 68.6 Å². The summed E-state index contributed by atoms with van der Waals surface area (Å²) in [6.45, 7) is 10.2. The Morgan fingerprint density at radius 3 is 2.73 bits per heavy atom. The zero-order chi connectivity index (χ0) is 18.8. The van der Waals surface area contributed by atoms with Crippen molar-refractivity contribution in [2.24, 2.45) is 0 Å². The molecule has 142 valence electrons. The van der Waals surface area contributed by atoms with Crippen LogP contribution in [0.4, 0.5) is 5.69 Å². The largest absolute Gasteiger partial charge is 0.379 e. The number of para-hydroxylation sites is 1. The highest BCUT2D eigenvalue weighted by Gasteiger charge is 2.16. The molecule has 0 saturated carbocycles. The Bertz CT molecular complexity index is 606. The third-order valence-corrected chi connectivity index (χ3v) is 4.60. The quantitative estimate of drug-likeness (QED) is 0.733. The third kappa shape index (κ3) is 6.75. The van der Waals surface area contributed by atoms with E-state index < -0.39 is 0 Å². The van der Waals surface area contributed by atoms with Crippen LogP contribution in [0.25, 0.3) is 0 Å². The number of ether oxygens (including phenoxy) is 1. The Kier molecular flexibility index (Phi) is 8.56. The van der Waals surface area contributed by atoms with Crippen molar-refractivity contribution in [2.75, 3.05) is 57.8 Å². The van der Waals surface area contributed by atoms with Crippen LogP contribution in [0, 0.1) is 11.3 Å². The first-order valence-corrected chi connectivity index (χ1v) is 9.38. The van der Waals surface area contributed by atoms with Gasteiger partial charge in [-0.3, -0.25) is 14.6 Å². The molecule has 1 aliphatic heterocycles. The number of rotatable bonds is 9. The van der Waals surface area contributed by atoms with Gasteiger partial charge in [0, 0.05) is 44.8 Å². The zero-order valence-corrected chi connectivity index (χ0v) is 15.9. The molecule has 0 aromatic heterocycles. The predicted octanol–water partition coefficient (Wildman–Crippen LogP) is 2.30. The van der Waals surface area contributed by atoms with Gasteiger partial charge in [0.15, 0.2) is 0 Å². The maximum Gasteiger partial charge on any atom is 0.238 e. The molecule has 0 unspecified atom stereocenters. The Morgan fingerprint density at radius 1 is 1.31 bits per heavy atom. The van der Waals surface area contributed by atoms with Crippen molar-refractivity contribution >= 4 is 11.6 Å². The van der Waals surface area contributed by atoms with Gasteiger partial charge in [-0.1, -0.05) is 32.0 Å². The van der Waals surface area contributed by atoms with Crippen LogP contribution in [0.1, 0.15) is 31.7 Å². The van der Waals surface area contributed by atoms with Gasteiger partial charge in [0.1, 0.15) is 0 Å². The second-order valence-electron chi connectivity index (χ2n) is 6.93.